The van der Waals surface area contributed by atoms with E-state index >= 15 is 0 Å². The van der Waals surface area contributed by atoms with Gasteiger partial charge < -0.3 is 0 Å². The van der Waals surface area contributed by atoms with Crippen molar-refractivity contribution in [1.29, 1.82) is 0 Å². The molecule has 1 aliphatic rings. The van der Waals surface area contributed by atoms with Crippen molar-refractivity contribution in [2.24, 2.45) is 0 Å². The third-order valence-corrected chi connectivity index (χ3v) is 3.83. The number of sulfonamides is 1. The average Bonchev–Trinajstić information content (AvgIpc) is 2.29. The average molecular weight is 231 g/mol. The SMILES string of the molecule is O=S(=O)(N1CCCCCC1)C(F)(F)F. The van der Waals surface area contributed by atoms with E-state index in [9.17, 15) is 21.6 Å². The molecule has 0 N–H and O–H groups in total. The molecule has 14 heavy (non-hydrogen) atoms. The summed E-state index contributed by atoms with van der Waals surface area (Å²) >= 11 is 0. The molecule has 0 aromatic carbocycles. The maximum absolute atomic E-state index is 12.1. The zero-order valence-electron chi connectivity index (χ0n) is 7.55. The van der Waals surface area contributed by atoms with Crippen molar-refractivity contribution < 1.29 is 21.6 Å². The van der Waals surface area contributed by atoms with Gasteiger partial charge in [0.1, 0.15) is 0 Å². The van der Waals surface area contributed by atoms with Crippen LogP contribution in [0.2, 0.25) is 0 Å². The smallest absolute Gasteiger partial charge is 0.203 e. The standard InChI is InChI=1S/C7H12F3NO2S/c8-7(9,10)14(12,13)11-5-3-1-2-4-6-11/h1-6H2. The van der Waals surface area contributed by atoms with Crippen LogP contribution in [0.5, 0.6) is 0 Å². The number of hydrogen-bond donors (Lipinski definition) is 0. The van der Waals surface area contributed by atoms with Crippen LogP contribution in [0, 0.1) is 0 Å². The molecule has 1 heterocycles. The lowest BCUT2D eigenvalue weighted by Crippen LogP contribution is -2.41. The van der Waals surface area contributed by atoms with Crippen LogP contribution in [0.3, 0.4) is 0 Å². The van der Waals surface area contributed by atoms with E-state index < -0.39 is 15.5 Å². The number of halogens is 3. The van der Waals surface area contributed by atoms with Crippen LogP contribution in [0.15, 0.2) is 0 Å². The van der Waals surface area contributed by atoms with Crippen LogP contribution in [0.1, 0.15) is 25.7 Å². The second-order valence-electron chi connectivity index (χ2n) is 3.26. The summed E-state index contributed by atoms with van der Waals surface area (Å²) in [6.45, 7) is -0.0241. The van der Waals surface area contributed by atoms with Gasteiger partial charge in [-0.3, -0.25) is 0 Å². The number of rotatable bonds is 1. The molecule has 0 radical (unpaired) electrons. The highest BCUT2D eigenvalue weighted by Crippen LogP contribution is 2.28. The van der Waals surface area contributed by atoms with Crippen molar-refractivity contribution in [3.05, 3.63) is 0 Å². The molecule has 0 spiro atoms. The summed E-state index contributed by atoms with van der Waals surface area (Å²) in [6.07, 6.45) is 2.61. The minimum absolute atomic E-state index is 0.0121. The minimum atomic E-state index is -5.16. The van der Waals surface area contributed by atoms with Gasteiger partial charge >= 0.3 is 15.5 Å². The quantitative estimate of drug-likeness (QED) is 0.689. The van der Waals surface area contributed by atoms with E-state index in [4.69, 9.17) is 0 Å². The van der Waals surface area contributed by atoms with E-state index in [0.717, 1.165) is 12.8 Å². The third kappa shape index (κ3) is 2.38. The summed E-state index contributed by atoms with van der Waals surface area (Å²) in [7, 11) is -5.09. The van der Waals surface area contributed by atoms with E-state index in [0.29, 0.717) is 17.1 Å². The summed E-state index contributed by atoms with van der Waals surface area (Å²) in [4.78, 5) is 0. The predicted octanol–water partition coefficient (Wildman–Crippen LogP) is 1.71. The Labute approximate surface area is 80.9 Å². The molecule has 0 aromatic heterocycles. The Morgan fingerprint density at radius 3 is 1.71 bits per heavy atom. The maximum atomic E-state index is 12.1. The van der Waals surface area contributed by atoms with Crippen LogP contribution >= 0.6 is 0 Å². The Hall–Kier alpha value is -0.300. The molecule has 0 aromatic rings. The first-order valence-corrected chi connectivity index (χ1v) is 5.86. The van der Waals surface area contributed by atoms with Gasteiger partial charge in [-0.25, -0.2) is 8.42 Å². The molecular weight excluding hydrogens is 219 g/mol. The first-order valence-electron chi connectivity index (χ1n) is 4.42. The molecule has 0 amide bonds. The molecule has 0 saturated carbocycles. The maximum Gasteiger partial charge on any atom is 0.511 e. The summed E-state index contributed by atoms with van der Waals surface area (Å²) in [6, 6.07) is 0. The number of alkyl halides is 3. The summed E-state index contributed by atoms with van der Waals surface area (Å²) in [5.41, 5.74) is -5.16. The fourth-order valence-corrected chi connectivity index (χ4v) is 2.46. The van der Waals surface area contributed by atoms with Crippen molar-refractivity contribution in [1.82, 2.24) is 4.31 Å². The van der Waals surface area contributed by atoms with Crippen molar-refractivity contribution in [2.45, 2.75) is 31.2 Å². The highest BCUT2D eigenvalue weighted by atomic mass is 32.2. The van der Waals surface area contributed by atoms with Gasteiger partial charge in [0.25, 0.3) is 0 Å². The summed E-state index contributed by atoms with van der Waals surface area (Å²) in [5, 5.41) is 0. The Morgan fingerprint density at radius 1 is 0.929 bits per heavy atom. The van der Waals surface area contributed by atoms with Crippen LogP contribution < -0.4 is 0 Å². The molecule has 0 atom stereocenters. The topological polar surface area (TPSA) is 37.4 Å². The van der Waals surface area contributed by atoms with Crippen LogP contribution in [-0.2, 0) is 10.0 Å². The zero-order chi connectivity index (χ0) is 10.8. The van der Waals surface area contributed by atoms with Crippen LogP contribution in [0.4, 0.5) is 13.2 Å². The summed E-state index contributed by atoms with van der Waals surface area (Å²) < 4.78 is 58.8. The Morgan fingerprint density at radius 2 is 1.36 bits per heavy atom. The van der Waals surface area contributed by atoms with Gasteiger partial charge in [-0.2, -0.15) is 17.5 Å². The molecule has 7 heteroatoms. The van der Waals surface area contributed by atoms with E-state index in [1.165, 1.54) is 0 Å². The lowest BCUT2D eigenvalue weighted by molar-refractivity contribution is -0.0488. The molecule has 3 nitrogen and oxygen atoms in total. The lowest BCUT2D eigenvalue weighted by Gasteiger charge is -2.20. The molecular formula is C7H12F3NO2S. The molecule has 1 rings (SSSR count). The predicted molar refractivity (Wildman–Crippen MR) is 45.0 cm³/mol. The van der Waals surface area contributed by atoms with Gasteiger partial charge in [-0.1, -0.05) is 12.8 Å². The van der Waals surface area contributed by atoms with Crippen molar-refractivity contribution in [3.63, 3.8) is 0 Å². The van der Waals surface area contributed by atoms with Crippen molar-refractivity contribution in [2.75, 3.05) is 13.1 Å². The van der Waals surface area contributed by atoms with Gasteiger partial charge in [0, 0.05) is 13.1 Å². The summed E-state index contributed by atoms with van der Waals surface area (Å²) in [5.74, 6) is 0. The molecule has 0 bridgehead atoms. The molecule has 1 saturated heterocycles. The molecule has 1 fully saturated rings. The second-order valence-corrected chi connectivity index (χ2v) is 5.19. The normalized spacial score (nSPS) is 21.9. The van der Waals surface area contributed by atoms with Gasteiger partial charge in [-0.15, -0.1) is 0 Å². The van der Waals surface area contributed by atoms with Gasteiger partial charge in [0.15, 0.2) is 0 Å². The number of nitrogens with zero attached hydrogens (tertiary/aromatic N) is 1. The molecule has 0 unspecified atom stereocenters. The zero-order valence-corrected chi connectivity index (χ0v) is 8.36. The third-order valence-electron chi connectivity index (χ3n) is 2.20. The monoisotopic (exact) mass is 231 g/mol. The Balaban J connectivity index is 2.81. The van der Waals surface area contributed by atoms with E-state index in [-0.39, 0.29) is 13.1 Å². The van der Waals surface area contributed by atoms with Crippen molar-refractivity contribution >= 4 is 10.0 Å². The molecule has 84 valence electrons. The van der Waals surface area contributed by atoms with E-state index in [2.05, 4.69) is 0 Å². The Bertz CT molecular complexity index is 278. The van der Waals surface area contributed by atoms with Crippen LogP contribution in [-0.4, -0.2) is 31.3 Å². The first kappa shape index (κ1) is 11.8. The van der Waals surface area contributed by atoms with Crippen LogP contribution in [0.25, 0.3) is 0 Å². The van der Waals surface area contributed by atoms with E-state index in [1.54, 1.807) is 0 Å². The molecule has 1 aliphatic heterocycles. The van der Waals surface area contributed by atoms with Gasteiger partial charge in [0.2, 0.25) is 0 Å². The lowest BCUT2D eigenvalue weighted by atomic mass is 10.2. The fraction of sp³-hybridized carbons (Fsp3) is 1.00. The Kier molecular flexibility index (Phi) is 3.41. The second kappa shape index (κ2) is 4.06. The largest absolute Gasteiger partial charge is 0.511 e. The minimum Gasteiger partial charge on any atom is -0.203 e. The molecule has 0 aliphatic carbocycles. The van der Waals surface area contributed by atoms with Crippen molar-refractivity contribution in [3.8, 4) is 0 Å². The van der Waals surface area contributed by atoms with Gasteiger partial charge in [0.05, 0.1) is 0 Å². The first-order chi connectivity index (χ1) is 6.36. The number of hydrogen-bond acceptors (Lipinski definition) is 2. The fourth-order valence-electron chi connectivity index (χ4n) is 1.43. The highest BCUT2D eigenvalue weighted by molar-refractivity contribution is 7.90. The van der Waals surface area contributed by atoms with E-state index in [1.807, 2.05) is 0 Å². The highest BCUT2D eigenvalue weighted by Gasteiger charge is 2.49. The van der Waals surface area contributed by atoms with Gasteiger partial charge in [-0.05, 0) is 12.8 Å².